The van der Waals surface area contributed by atoms with Gasteiger partial charge < -0.3 is 10.2 Å². The lowest BCUT2D eigenvalue weighted by atomic mass is 10.0. The molecule has 1 aliphatic carbocycles. The summed E-state index contributed by atoms with van der Waals surface area (Å²) in [4.78, 5) is 13.8. The summed E-state index contributed by atoms with van der Waals surface area (Å²) < 4.78 is 0. The Morgan fingerprint density at radius 1 is 1.38 bits per heavy atom. The fourth-order valence-corrected chi connectivity index (χ4v) is 2.76. The molecule has 0 aromatic rings. The number of hydrogen-bond donors (Lipinski definition) is 1. The van der Waals surface area contributed by atoms with Gasteiger partial charge in [-0.2, -0.15) is 0 Å². The van der Waals surface area contributed by atoms with Crippen LogP contribution in [0.25, 0.3) is 0 Å². The van der Waals surface area contributed by atoms with Crippen molar-refractivity contribution in [2.75, 3.05) is 6.54 Å². The number of hydrogen-bond acceptors (Lipinski definition) is 2. The molecular formula is C13H24N2O. The predicted molar refractivity (Wildman–Crippen MR) is 65.2 cm³/mol. The van der Waals surface area contributed by atoms with Crippen LogP contribution in [0.2, 0.25) is 0 Å². The Bertz CT molecular complexity index is 261. The first-order valence-corrected chi connectivity index (χ1v) is 6.61. The number of carbonyl (C=O) groups excluding carboxylic acids is 1. The monoisotopic (exact) mass is 224 g/mol. The molecule has 2 fully saturated rings. The van der Waals surface area contributed by atoms with Crippen LogP contribution in [-0.2, 0) is 4.79 Å². The average molecular weight is 224 g/mol. The maximum atomic E-state index is 11.8. The first-order chi connectivity index (χ1) is 7.56. The molecule has 1 saturated heterocycles. The fraction of sp³-hybridized carbons (Fsp3) is 0.923. The molecule has 1 heterocycles. The van der Waals surface area contributed by atoms with Gasteiger partial charge in [-0.3, -0.25) is 4.79 Å². The van der Waals surface area contributed by atoms with Crippen molar-refractivity contribution in [1.29, 1.82) is 0 Å². The molecule has 2 atom stereocenters. The van der Waals surface area contributed by atoms with Crippen LogP contribution in [0.4, 0.5) is 0 Å². The summed E-state index contributed by atoms with van der Waals surface area (Å²) in [6, 6.07) is 1.50. The molecule has 0 aromatic carbocycles. The minimum absolute atomic E-state index is 0.358. The Kier molecular flexibility index (Phi) is 3.53. The van der Waals surface area contributed by atoms with E-state index in [1.165, 1.54) is 19.3 Å². The molecule has 0 aromatic heterocycles. The molecule has 3 heteroatoms. The maximum absolute atomic E-state index is 11.8. The van der Waals surface area contributed by atoms with E-state index in [-0.39, 0.29) is 0 Å². The van der Waals surface area contributed by atoms with Crippen molar-refractivity contribution in [1.82, 2.24) is 10.2 Å². The molecule has 0 radical (unpaired) electrons. The van der Waals surface area contributed by atoms with Gasteiger partial charge in [-0.1, -0.05) is 13.8 Å². The number of rotatable bonds is 5. The minimum atomic E-state index is 0.358. The third-order valence-corrected chi connectivity index (χ3v) is 3.49. The third kappa shape index (κ3) is 2.97. The van der Waals surface area contributed by atoms with E-state index < -0.39 is 0 Å². The summed E-state index contributed by atoms with van der Waals surface area (Å²) in [5.41, 5.74) is 0. The number of likely N-dealkylation sites (tertiary alicyclic amines) is 1. The molecule has 1 N–H and O–H groups in total. The number of amides is 1. The molecule has 2 aliphatic rings. The van der Waals surface area contributed by atoms with Crippen molar-refractivity contribution < 1.29 is 4.79 Å². The van der Waals surface area contributed by atoms with E-state index in [2.05, 4.69) is 31.0 Å². The quantitative estimate of drug-likeness (QED) is 0.772. The Labute approximate surface area is 98.6 Å². The average Bonchev–Trinajstić information content (AvgIpc) is 2.90. The van der Waals surface area contributed by atoms with Crippen LogP contribution in [0.3, 0.4) is 0 Å². The van der Waals surface area contributed by atoms with Crippen LogP contribution < -0.4 is 5.32 Å². The van der Waals surface area contributed by atoms with Gasteiger partial charge in [0.05, 0.1) is 0 Å². The van der Waals surface area contributed by atoms with E-state index in [1.807, 2.05) is 0 Å². The Morgan fingerprint density at radius 2 is 2.06 bits per heavy atom. The van der Waals surface area contributed by atoms with Crippen LogP contribution in [0.1, 0.15) is 46.5 Å². The molecule has 1 saturated carbocycles. The van der Waals surface area contributed by atoms with Crippen molar-refractivity contribution in [2.24, 2.45) is 5.92 Å². The van der Waals surface area contributed by atoms with Gasteiger partial charge in [0, 0.05) is 31.1 Å². The Hall–Kier alpha value is -0.570. The van der Waals surface area contributed by atoms with Gasteiger partial charge >= 0.3 is 0 Å². The minimum Gasteiger partial charge on any atom is -0.338 e. The second kappa shape index (κ2) is 4.74. The van der Waals surface area contributed by atoms with Crippen LogP contribution in [-0.4, -0.2) is 35.5 Å². The molecule has 16 heavy (non-hydrogen) atoms. The van der Waals surface area contributed by atoms with Crippen LogP contribution in [0, 0.1) is 5.92 Å². The summed E-state index contributed by atoms with van der Waals surface area (Å²) in [5.74, 6) is 1.08. The topological polar surface area (TPSA) is 32.3 Å². The van der Waals surface area contributed by atoms with E-state index in [1.54, 1.807) is 0 Å². The lowest BCUT2D eigenvalue weighted by Crippen LogP contribution is -2.39. The normalized spacial score (nSPS) is 27.9. The molecule has 92 valence electrons. The SMILES string of the molecule is CC(C)CC(C)NC1CC(=O)N(C2CC2)C1. The highest BCUT2D eigenvalue weighted by molar-refractivity contribution is 5.80. The Morgan fingerprint density at radius 3 is 2.62 bits per heavy atom. The molecule has 2 rings (SSSR count). The number of carbonyl (C=O) groups is 1. The Balaban J connectivity index is 1.77. The van der Waals surface area contributed by atoms with Crippen LogP contribution >= 0.6 is 0 Å². The summed E-state index contributed by atoms with van der Waals surface area (Å²) in [6.07, 6.45) is 4.34. The number of nitrogens with zero attached hydrogens (tertiary/aromatic N) is 1. The highest BCUT2D eigenvalue weighted by Crippen LogP contribution is 2.30. The zero-order valence-corrected chi connectivity index (χ0v) is 10.7. The third-order valence-electron chi connectivity index (χ3n) is 3.49. The van der Waals surface area contributed by atoms with Gasteiger partial charge in [-0.15, -0.1) is 0 Å². The second-order valence-electron chi connectivity index (χ2n) is 5.88. The lowest BCUT2D eigenvalue weighted by molar-refractivity contribution is -0.128. The maximum Gasteiger partial charge on any atom is 0.224 e. The zero-order valence-electron chi connectivity index (χ0n) is 10.7. The molecule has 3 nitrogen and oxygen atoms in total. The van der Waals surface area contributed by atoms with Gasteiger partial charge in [0.2, 0.25) is 5.91 Å². The smallest absolute Gasteiger partial charge is 0.224 e. The van der Waals surface area contributed by atoms with Crippen molar-refractivity contribution in [3.05, 3.63) is 0 Å². The zero-order chi connectivity index (χ0) is 11.7. The van der Waals surface area contributed by atoms with Gasteiger partial charge in [0.15, 0.2) is 0 Å². The van der Waals surface area contributed by atoms with E-state index in [9.17, 15) is 4.79 Å². The second-order valence-corrected chi connectivity index (χ2v) is 5.88. The van der Waals surface area contributed by atoms with Gasteiger partial charge in [-0.25, -0.2) is 0 Å². The predicted octanol–water partition coefficient (Wildman–Crippen LogP) is 1.77. The molecule has 0 spiro atoms. The highest BCUT2D eigenvalue weighted by Gasteiger charge is 2.39. The molecule has 1 aliphatic heterocycles. The van der Waals surface area contributed by atoms with E-state index in [4.69, 9.17) is 0 Å². The van der Waals surface area contributed by atoms with Crippen molar-refractivity contribution in [2.45, 2.75) is 64.6 Å². The first-order valence-electron chi connectivity index (χ1n) is 6.61. The van der Waals surface area contributed by atoms with Gasteiger partial charge in [0.25, 0.3) is 0 Å². The highest BCUT2D eigenvalue weighted by atomic mass is 16.2. The lowest BCUT2D eigenvalue weighted by Gasteiger charge is -2.21. The number of nitrogens with one attached hydrogen (secondary N) is 1. The summed E-state index contributed by atoms with van der Waals surface area (Å²) in [5, 5.41) is 3.59. The first kappa shape index (κ1) is 11.9. The molecule has 0 bridgehead atoms. The molecule has 1 amide bonds. The van der Waals surface area contributed by atoms with E-state index in [0.717, 1.165) is 12.5 Å². The standard InChI is InChI=1S/C13H24N2O/c1-9(2)6-10(3)14-11-7-13(16)15(8-11)12-4-5-12/h9-12,14H,4-8H2,1-3H3. The van der Waals surface area contributed by atoms with Gasteiger partial charge in [0.1, 0.15) is 0 Å². The summed E-state index contributed by atoms with van der Waals surface area (Å²) >= 11 is 0. The van der Waals surface area contributed by atoms with E-state index >= 15 is 0 Å². The molecule has 2 unspecified atom stereocenters. The van der Waals surface area contributed by atoms with Gasteiger partial charge in [-0.05, 0) is 32.1 Å². The summed E-state index contributed by atoms with van der Waals surface area (Å²) in [7, 11) is 0. The van der Waals surface area contributed by atoms with Crippen molar-refractivity contribution in [3.8, 4) is 0 Å². The largest absolute Gasteiger partial charge is 0.338 e. The van der Waals surface area contributed by atoms with Crippen LogP contribution in [0.5, 0.6) is 0 Å². The van der Waals surface area contributed by atoms with E-state index in [0.29, 0.717) is 30.5 Å². The fourth-order valence-electron chi connectivity index (χ4n) is 2.76. The van der Waals surface area contributed by atoms with Crippen molar-refractivity contribution in [3.63, 3.8) is 0 Å². The summed E-state index contributed by atoms with van der Waals surface area (Å²) in [6.45, 7) is 7.65. The van der Waals surface area contributed by atoms with Crippen molar-refractivity contribution >= 4 is 5.91 Å². The van der Waals surface area contributed by atoms with Crippen LogP contribution in [0.15, 0.2) is 0 Å². The molecular weight excluding hydrogens is 200 g/mol.